The summed E-state index contributed by atoms with van der Waals surface area (Å²) < 4.78 is 19.8. The van der Waals surface area contributed by atoms with Gasteiger partial charge in [-0.15, -0.1) is 0 Å². The summed E-state index contributed by atoms with van der Waals surface area (Å²) in [6, 6.07) is 0. The van der Waals surface area contributed by atoms with E-state index in [1.807, 2.05) is 0 Å². The fraction of sp³-hybridized carbons (Fsp3) is 0.417. The summed E-state index contributed by atoms with van der Waals surface area (Å²) in [5, 5.41) is 9.83. The van der Waals surface area contributed by atoms with Crippen molar-refractivity contribution in [3.05, 3.63) is 15.6 Å². The number of carbonyl (C=O) groups excluding carboxylic acids is 1. The van der Waals surface area contributed by atoms with Gasteiger partial charge in [0.2, 0.25) is 5.75 Å². The molecule has 8 heteroatoms. The van der Waals surface area contributed by atoms with E-state index in [9.17, 15) is 9.90 Å². The number of aliphatic hydroxyl groups excluding tert-OH is 1. The molecule has 0 fully saturated rings. The summed E-state index contributed by atoms with van der Waals surface area (Å²) in [6.45, 7) is 0. The van der Waals surface area contributed by atoms with Crippen molar-refractivity contribution in [2.75, 3.05) is 28.4 Å². The fourth-order valence-electron chi connectivity index (χ4n) is 1.66. The lowest BCUT2D eigenvalue weighted by atomic mass is 10.1. The number of benzene rings is 1. The molecule has 0 aliphatic carbocycles. The fourth-order valence-corrected chi connectivity index (χ4v) is 2.43. The second-order valence-corrected chi connectivity index (χ2v) is 4.32. The van der Waals surface area contributed by atoms with Gasteiger partial charge in [-0.2, -0.15) is 0 Å². The number of ether oxygens (including phenoxy) is 4. The van der Waals surface area contributed by atoms with Gasteiger partial charge in [-0.25, -0.2) is 4.79 Å². The number of carbonyl (C=O) groups is 1. The van der Waals surface area contributed by atoms with Crippen molar-refractivity contribution in [2.24, 2.45) is 0 Å². The maximum absolute atomic E-state index is 11.5. The molecule has 1 aromatic carbocycles. The molecular formula is C12H14Cl2O6. The van der Waals surface area contributed by atoms with Crippen LogP contribution in [0.2, 0.25) is 10.0 Å². The zero-order chi connectivity index (χ0) is 15.4. The second kappa shape index (κ2) is 6.88. The third kappa shape index (κ3) is 2.72. The Balaban J connectivity index is 3.65. The van der Waals surface area contributed by atoms with E-state index in [1.165, 1.54) is 21.3 Å². The van der Waals surface area contributed by atoms with Gasteiger partial charge in [0.15, 0.2) is 17.6 Å². The molecule has 1 N–H and O–H groups in total. The maximum Gasteiger partial charge on any atom is 0.339 e. The lowest BCUT2D eigenvalue weighted by Gasteiger charge is -2.20. The molecule has 0 saturated carbocycles. The van der Waals surface area contributed by atoms with Crippen LogP contribution in [-0.4, -0.2) is 39.5 Å². The first-order chi connectivity index (χ1) is 9.44. The van der Waals surface area contributed by atoms with Crippen molar-refractivity contribution in [1.82, 2.24) is 0 Å². The quantitative estimate of drug-likeness (QED) is 0.837. The van der Waals surface area contributed by atoms with E-state index in [0.29, 0.717) is 0 Å². The first-order valence-electron chi connectivity index (χ1n) is 5.37. The number of hydrogen-bond donors (Lipinski definition) is 1. The van der Waals surface area contributed by atoms with Crippen LogP contribution in [0.3, 0.4) is 0 Å². The van der Waals surface area contributed by atoms with Crippen LogP contribution in [0.5, 0.6) is 17.2 Å². The Labute approximate surface area is 126 Å². The molecule has 112 valence electrons. The van der Waals surface area contributed by atoms with E-state index in [-0.39, 0.29) is 32.9 Å². The first kappa shape index (κ1) is 16.7. The van der Waals surface area contributed by atoms with E-state index in [0.717, 1.165) is 7.11 Å². The molecule has 1 atom stereocenters. The summed E-state index contributed by atoms with van der Waals surface area (Å²) in [5.74, 6) is -0.573. The van der Waals surface area contributed by atoms with Crippen LogP contribution in [0, 0.1) is 0 Å². The van der Waals surface area contributed by atoms with Crippen LogP contribution in [0.25, 0.3) is 0 Å². The topological polar surface area (TPSA) is 74.2 Å². The van der Waals surface area contributed by atoms with Crippen molar-refractivity contribution >= 4 is 29.2 Å². The monoisotopic (exact) mass is 324 g/mol. The SMILES string of the molecule is COC(=O)C(O)c1c(Cl)c(OC)c(OC)c(OC)c1Cl. The van der Waals surface area contributed by atoms with Gasteiger partial charge in [0.05, 0.1) is 38.5 Å². The maximum atomic E-state index is 11.5. The molecule has 0 aliphatic rings. The van der Waals surface area contributed by atoms with Crippen LogP contribution >= 0.6 is 23.2 Å². The summed E-state index contributed by atoms with van der Waals surface area (Å²) >= 11 is 12.2. The molecule has 0 saturated heterocycles. The summed E-state index contributed by atoms with van der Waals surface area (Å²) in [7, 11) is 5.21. The lowest BCUT2D eigenvalue weighted by Crippen LogP contribution is -2.15. The number of aliphatic hydroxyl groups is 1. The molecule has 0 spiro atoms. The minimum absolute atomic E-state index is 0.0620. The largest absolute Gasteiger partial charge is 0.491 e. The molecule has 1 rings (SSSR count). The van der Waals surface area contributed by atoms with Crippen molar-refractivity contribution < 1.29 is 28.8 Å². The molecule has 0 heterocycles. The highest BCUT2D eigenvalue weighted by Crippen LogP contribution is 2.51. The molecule has 20 heavy (non-hydrogen) atoms. The molecule has 1 aromatic rings. The Morgan fingerprint density at radius 2 is 1.35 bits per heavy atom. The van der Waals surface area contributed by atoms with Crippen molar-refractivity contribution in [3.8, 4) is 17.2 Å². The standard InChI is InChI=1S/C12H14Cl2O6/c1-17-9-6(13)5(8(15)12(16)20-4)7(14)10(18-2)11(9)19-3/h8,15H,1-4H3. The van der Waals surface area contributed by atoms with Gasteiger partial charge in [0, 0.05) is 5.56 Å². The highest BCUT2D eigenvalue weighted by Gasteiger charge is 2.32. The Morgan fingerprint density at radius 3 is 1.65 bits per heavy atom. The van der Waals surface area contributed by atoms with Crippen molar-refractivity contribution in [3.63, 3.8) is 0 Å². The molecular weight excluding hydrogens is 311 g/mol. The highest BCUT2D eigenvalue weighted by molar-refractivity contribution is 6.38. The second-order valence-electron chi connectivity index (χ2n) is 3.57. The minimum atomic E-state index is -1.67. The van der Waals surface area contributed by atoms with Crippen LogP contribution in [-0.2, 0) is 9.53 Å². The summed E-state index contributed by atoms with van der Waals surface area (Å²) in [4.78, 5) is 11.5. The van der Waals surface area contributed by atoms with Gasteiger partial charge in [0.25, 0.3) is 0 Å². The molecule has 0 aliphatic heterocycles. The zero-order valence-corrected chi connectivity index (χ0v) is 12.8. The Hall–Kier alpha value is -1.37. The minimum Gasteiger partial charge on any atom is -0.491 e. The average Bonchev–Trinajstić information content (AvgIpc) is 2.45. The molecule has 1 unspecified atom stereocenters. The third-order valence-electron chi connectivity index (χ3n) is 2.59. The number of methoxy groups -OCH3 is 4. The van der Waals surface area contributed by atoms with E-state index in [2.05, 4.69) is 4.74 Å². The van der Waals surface area contributed by atoms with Crippen LogP contribution in [0.4, 0.5) is 0 Å². The summed E-state index contributed by atoms with van der Waals surface area (Å²) in [5.41, 5.74) is -0.0744. The van der Waals surface area contributed by atoms with E-state index in [4.69, 9.17) is 37.4 Å². The van der Waals surface area contributed by atoms with Gasteiger partial charge in [-0.3, -0.25) is 0 Å². The van der Waals surface area contributed by atoms with Gasteiger partial charge in [-0.1, -0.05) is 23.2 Å². The summed E-state index contributed by atoms with van der Waals surface area (Å²) in [6.07, 6.45) is -1.67. The molecule has 0 bridgehead atoms. The predicted molar refractivity (Wildman–Crippen MR) is 73.1 cm³/mol. The smallest absolute Gasteiger partial charge is 0.339 e. The molecule has 0 radical (unpaired) electrons. The Morgan fingerprint density at radius 1 is 0.950 bits per heavy atom. The third-order valence-corrected chi connectivity index (χ3v) is 3.34. The van der Waals surface area contributed by atoms with Crippen LogP contribution in [0.15, 0.2) is 0 Å². The van der Waals surface area contributed by atoms with Crippen molar-refractivity contribution in [1.29, 1.82) is 0 Å². The Kier molecular flexibility index (Phi) is 5.74. The van der Waals surface area contributed by atoms with E-state index >= 15 is 0 Å². The molecule has 0 amide bonds. The number of esters is 1. The number of hydrogen-bond acceptors (Lipinski definition) is 6. The van der Waals surface area contributed by atoms with Gasteiger partial charge < -0.3 is 24.1 Å². The van der Waals surface area contributed by atoms with Gasteiger partial charge >= 0.3 is 5.97 Å². The lowest BCUT2D eigenvalue weighted by molar-refractivity contribution is -0.150. The number of halogens is 2. The average molecular weight is 325 g/mol. The van der Waals surface area contributed by atoms with Crippen molar-refractivity contribution in [2.45, 2.75) is 6.10 Å². The van der Waals surface area contributed by atoms with Gasteiger partial charge in [-0.05, 0) is 0 Å². The first-order valence-corrected chi connectivity index (χ1v) is 6.12. The molecule has 0 aromatic heterocycles. The highest BCUT2D eigenvalue weighted by atomic mass is 35.5. The van der Waals surface area contributed by atoms with Crippen LogP contribution < -0.4 is 14.2 Å². The van der Waals surface area contributed by atoms with Gasteiger partial charge in [0.1, 0.15) is 0 Å². The molecule has 6 nitrogen and oxygen atoms in total. The van der Waals surface area contributed by atoms with E-state index in [1.54, 1.807) is 0 Å². The zero-order valence-electron chi connectivity index (χ0n) is 11.3. The Bertz CT molecular complexity index is 486. The van der Waals surface area contributed by atoms with Crippen LogP contribution in [0.1, 0.15) is 11.7 Å². The normalized spacial score (nSPS) is 11.8. The predicted octanol–water partition coefficient (Wildman–Crippen LogP) is 2.23. The van der Waals surface area contributed by atoms with E-state index < -0.39 is 12.1 Å². The number of rotatable bonds is 5.